The van der Waals surface area contributed by atoms with Crippen LogP contribution in [0.25, 0.3) is 0 Å². The molecule has 3 saturated heterocycles. The topological polar surface area (TPSA) is 164 Å². The Morgan fingerprint density at radius 1 is 0.536 bits per heavy atom. The van der Waals surface area contributed by atoms with Crippen molar-refractivity contribution in [1.82, 2.24) is 50.3 Å². The second-order valence-electron chi connectivity index (χ2n) is 17.7. The van der Waals surface area contributed by atoms with Crippen molar-refractivity contribution in [3.05, 3.63) is 129 Å². The molecule has 360 valence electrons. The monoisotopic (exact) mass is 1010 g/mol. The number of nitrogens with one attached hydrogen (secondary N) is 2. The van der Waals surface area contributed by atoms with Gasteiger partial charge in [0.25, 0.3) is 6.47 Å². The molecule has 3 aliphatic heterocycles. The number of nitrogens with zero attached hydrogens (tertiary/aromatic N) is 10. The molecule has 3 aromatic heterocycles. The van der Waals surface area contributed by atoms with Crippen LogP contribution in [-0.4, -0.2) is 125 Å². The summed E-state index contributed by atoms with van der Waals surface area (Å²) in [5, 5.41) is 15.5. The summed E-state index contributed by atoms with van der Waals surface area (Å²) >= 11 is 5.65. The Hall–Kier alpha value is -1.89. The molecule has 2 N–H and O–H groups in total. The van der Waals surface area contributed by atoms with Gasteiger partial charge in [0.05, 0.1) is 0 Å². The number of halogens is 1. The molecular formula is C51H69ClK2N12O3. The number of piperazine rings is 3. The number of anilines is 2. The second-order valence-corrected chi connectivity index (χ2v) is 18.0. The predicted molar refractivity (Wildman–Crippen MR) is 263 cm³/mol. The first-order valence-electron chi connectivity index (χ1n) is 24.4. The predicted octanol–water partition coefficient (Wildman–Crippen LogP) is -0.902. The number of rotatable bonds is 7. The smallest absolute Gasteiger partial charge is 1.00 e. The van der Waals surface area contributed by atoms with Crippen LogP contribution >= 0.6 is 11.6 Å². The zero-order valence-corrected chi connectivity index (χ0v) is 48.0. The van der Waals surface area contributed by atoms with Gasteiger partial charge in [0, 0.05) is 127 Å². The number of fused-ring (bicyclic) bond motifs is 3. The summed E-state index contributed by atoms with van der Waals surface area (Å²) in [5.41, 5.74) is 10.5. The van der Waals surface area contributed by atoms with Gasteiger partial charge >= 0.3 is 103 Å². The van der Waals surface area contributed by atoms with E-state index in [2.05, 4.69) is 122 Å². The molecule has 0 unspecified atom stereocenters. The van der Waals surface area contributed by atoms with Crippen LogP contribution in [0.1, 0.15) is 84.9 Å². The molecule has 0 spiro atoms. The van der Waals surface area contributed by atoms with E-state index in [0.29, 0.717) is 5.28 Å². The normalized spacial score (nSPS) is 17.4. The van der Waals surface area contributed by atoms with Crippen molar-refractivity contribution in [2.24, 2.45) is 0 Å². The van der Waals surface area contributed by atoms with Gasteiger partial charge in [-0.1, -0.05) is 60.7 Å². The van der Waals surface area contributed by atoms with Crippen LogP contribution in [0.3, 0.4) is 0 Å². The van der Waals surface area contributed by atoms with Gasteiger partial charge in [-0.15, -0.1) is 0 Å². The van der Waals surface area contributed by atoms with Gasteiger partial charge in [0.1, 0.15) is 0 Å². The molecule has 6 aliphatic rings. The van der Waals surface area contributed by atoms with Crippen LogP contribution in [0.15, 0.2) is 79.3 Å². The Morgan fingerprint density at radius 2 is 0.913 bits per heavy atom. The third kappa shape index (κ3) is 19.8. The first kappa shape index (κ1) is 58.0. The molecule has 18 heteroatoms. The first-order chi connectivity index (χ1) is 33.0. The number of aromatic nitrogens is 6. The molecule has 69 heavy (non-hydrogen) atoms. The van der Waals surface area contributed by atoms with Crippen LogP contribution < -0.4 is 128 Å². The van der Waals surface area contributed by atoms with E-state index in [1.54, 1.807) is 0 Å². The number of hydrogen-bond donors (Lipinski definition) is 2. The Labute approximate surface area is 501 Å². The molecule has 11 rings (SSSR count). The van der Waals surface area contributed by atoms with Crippen molar-refractivity contribution in [3.63, 3.8) is 0 Å². The Kier molecular flexibility index (Phi) is 27.8. The summed E-state index contributed by atoms with van der Waals surface area (Å²) in [6.07, 6.45) is 20.3. The maximum absolute atomic E-state index is 8.64. The number of aryl methyl sites for hydroxylation is 6. The largest absolute Gasteiger partial charge is 1.00 e. The van der Waals surface area contributed by atoms with E-state index < -0.39 is 0 Å². The van der Waals surface area contributed by atoms with Gasteiger partial charge in [-0.25, -0.2) is 29.9 Å². The van der Waals surface area contributed by atoms with Crippen molar-refractivity contribution in [2.75, 3.05) is 88.3 Å². The molecule has 0 radical (unpaired) electrons. The molecular weight excluding hydrogens is 942 g/mol. The quantitative estimate of drug-likeness (QED) is 0.0678. The van der Waals surface area contributed by atoms with E-state index in [-0.39, 0.29) is 111 Å². The summed E-state index contributed by atoms with van der Waals surface area (Å²) in [4.78, 5) is 47.7. The maximum Gasteiger partial charge on any atom is 1.00 e. The molecule has 0 bridgehead atoms. The standard InChI is InChI=1S/C19H24N4.C12H18N4.C11H16N2.C8H9ClN2.CH2O3.2K.H/c1-2-6-16(7-3-1)15-22-10-12-23(13-11-22)19-20-14-17-8-4-5-9-18(17)21-19;1-2-4-11-10(3-1)9-14-12(15-11)16-7-5-13-6-8-16;1-2-4-11(5-3-1)10-13-8-6-12-7-9-13;9-8-10-5-6-3-1-2-4-7(6)11-8;2-1-4-3;;;/h1-3,6-7,14H,4-5,8-13,15H2;9,13H,1-8H2;1-5,12H,6-10H2;5H,1-4H2;1,3H;;;/q;;;;;2*+1;-1/p-1. The maximum atomic E-state index is 8.64. The molecule has 15 nitrogen and oxygen atoms in total. The van der Waals surface area contributed by atoms with E-state index in [1.807, 2.05) is 12.4 Å². The van der Waals surface area contributed by atoms with Gasteiger partial charge < -0.3 is 32.0 Å². The number of hydrogen-bond acceptors (Lipinski definition) is 15. The average Bonchev–Trinajstić information content (AvgIpc) is 3.40. The molecule has 5 aromatic rings. The first-order valence-corrected chi connectivity index (χ1v) is 24.8. The second kappa shape index (κ2) is 33.0. The fourth-order valence-electron chi connectivity index (χ4n) is 9.21. The third-order valence-corrected chi connectivity index (χ3v) is 13.1. The van der Waals surface area contributed by atoms with E-state index in [9.17, 15) is 0 Å². The third-order valence-electron chi connectivity index (χ3n) is 12.9. The zero-order chi connectivity index (χ0) is 46.3. The molecule has 0 atom stereocenters. The Balaban J connectivity index is 0.000000202. The summed E-state index contributed by atoms with van der Waals surface area (Å²) < 4.78 is 0. The van der Waals surface area contributed by atoms with Crippen LogP contribution in [0, 0.1) is 0 Å². The van der Waals surface area contributed by atoms with E-state index in [0.717, 1.165) is 135 Å². The number of carbonyl (C=O) groups is 1. The molecule has 3 aliphatic carbocycles. The van der Waals surface area contributed by atoms with Crippen molar-refractivity contribution in [1.29, 1.82) is 0 Å². The SMILES string of the molecule is Clc1ncc2c(n1)CCCC2.O=CO[O-].[H-].[K+].[K+].c1ccc(CN2CCN(c3ncc4c(n3)CCCC4)CC2)cc1.c1ccc(CN2CCNCC2)cc1.c1nc(N2CCNCC2)nc2c1CCCC2. The molecule has 2 aromatic carbocycles. The van der Waals surface area contributed by atoms with Gasteiger partial charge in [-0.3, -0.25) is 14.6 Å². The summed E-state index contributed by atoms with van der Waals surface area (Å²) in [5.74, 6) is 1.87. The average molecular weight is 1010 g/mol. The van der Waals surface area contributed by atoms with Crippen LogP contribution in [0.5, 0.6) is 0 Å². The summed E-state index contributed by atoms with van der Waals surface area (Å²) in [6, 6.07) is 21.4. The Morgan fingerprint density at radius 3 is 1.36 bits per heavy atom. The zero-order valence-electron chi connectivity index (χ0n) is 42.0. The van der Waals surface area contributed by atoms with E-state index in [1.165, 1.54) is 90.8 Å². The molecule has 0 saturated carbocycles. The van der Waals surface area contributed by atoms with Gasteiger partial charge in [-0.05, 0) is 116 Å². The summed E-state index contributed by atoms with van der Waals surface area (Å²) in [7, 11) is 0. The van der Waals surface area contributed by atoms with Gasteiger partial charge in [0.2, 0.25) is 17.2 Å². The minimum absolute atomic E-state index is 0. The van der Waals surface area contributed by atoms with Gasteiger partial charge in [0.15, 0.2) is 0 Å². The van der Waals surface area contributed by atoms with Crippen molar-refractivity contribution < 1.29 is 119 Å². The van der Waals surface area contributed by atoms with Crippen LogP contribution in [0.4, 0.5) is 11.9 Å². The summed E-state index contributed by atoms with van der Waals surface area (Å²) in [6.45, 7) is 14.9. The van der Waals surface area contributed by atoms with Crippen molar-refractivity contribution in [2.45, 2.75) is 90.1 Å². The van der Waals surface area contributed by atoms with Crippen molar-refractivity contribution >= 4 is 30.0 Å². The molecule has 3 fully saturated rings. The van der Waals surface area contributed by atoms with Crippen molar-refractivity contribution in [3.8, 4) is 0 Å². The molecule has 0 amide bonds. The minimum atomic E-state index is -0.181. The van der Waals surface area contributed by atoms with E-state index in [4.69, 9.17) is 31.6 Å². The fourth-order valence-corrected chi connectivity index (χ4v) is 9.36. The number of benzene rings is 2. The fraction of sp³-hybridized carbons (Fsp3) is 0.510. The van der Waals surface area contributed by atoms with Crippen LogP contribution in [0.2, 0.25) is 5.28 Å². The number of carbonyl (C=O) groups excluding carboxylic acids is 1. The van der Waals surface area contributed by atoms with Gasteiger partial charge in [-0.2, -0.15) is 0 Å². The molecule has 6 heterocycles. The van der Waals surface area contributed by atoms with Crippen LogP contribution in [-0.2, 0) is 61.3 Å². The Bertz CT molecular complexity index is 2230. The van der Waals surface area contributed by atoms with E-state index >= 15 is 0 Å². The minimum Gasteiger partial charge on any atom is -1.00 e.